The van der Waals surface area contributed by atoms with Crippen LogP contribution in [0.3, 0.4) is 0 Å². The largest absolute Gasteiger partial charge is 0.469 e. The first kappa shape index (κ1) is 25.2. The summed E-state index contributed by atoms with van der Waals surface area (Å²) in [5, 5.41) is 4.21. The Morgan fingerprint density at radius 1 is 1.11 bits per heavy atom. The number of hydrogen-bond acceptors (Lipinski definition) is 7. The highest BCUT2D eigenvalue weighted by Gasteiger charge is 2.50. The third-order valence-corrected chi connectivity index (χ3v) is 8.70. The van der Waals surface area contributed by atoms with E-state index in [-0.39, 0.29) is 33.8 Å². The van der Waals surface area contributed by atoms with Gasteiger partial charge in [-0.3, -0.25) is 18.7 Å². The molecule has 1 aliphatic heterocycles. The minimum Gasteiger partial charge on any atom is -0.469 e. The van der Waals surface area contributed by atoms with Gasteiger partial charge in [0.1, 0.15) is 16.1 Å². The van der Waals surface area contributed by atoms with Gasteiger partial charge in [-0.15, -0.1) is 0 Å². The number of aromatic nitrogens is 2. The van der Waals surface area contributed by atoms with Crippen LogP contribution in [0.2, 0.25) is 0 Å². The van der Waals surface area contributed by atoms with Gasteiger partial charge in [0.15, 0.2) is 18.2 Å². The fraction of sp³-hybridized carbons (Fsp3) is 0.280. The van der Waals surface area contributed by atoms with Gasteiger partial charge < -0.3 is 4.74 Å². The van der Waals surface area contributed by atoms with Gasteiger partial charge in [-0.2, -0.15) is 5.10 Å². The number of Topliss-reactive ketones (excluding diaryl/α,β-unsaturated/α-hetero) is 2. The Morgan fingerprint density at radius 3 is 2.44 bits per heavy atom. The number of nitrogens with zero attached hydrogens (tertiary/aromatic N) is 3. The molecule has 188 valence electrons. The summed E-state index contributed by atoms with van der Waals surface area (Å²) in [6.45, 7) is 3.73. The molecule has 36 heavy (non-hydrogen) atoms. The van der Waals surface area contributed by atoms with Crippen LogP contribution in [-0.2, 0) is 17.1 Å². The Morgan fingerprint density at radius 2 is 1.78 bits per heavy atom. The van der Waals surface area contributed by atoms with Crippen molar-refractivity contribution in [2.75, 3.05) is 18.0 Å². The standard InChI is InChI=1S/C25H24FN3O6S/c1-14-21(24(28(4)27-14)35-13-20(30)16-8-6-7-9-18(16)26)22(31)15-10-11-17-19(12-15)29(5)36(33,34)25(2,3)23(17)32/h6-12H,13H2,1-5H3. The summed E-state index contributed by atoms with van der Waals surface area (Å²) in [5.74, 6) is -2.41. The number of carbonyl (C=O) groups excluding carboxylic acids is 3. The molecule has 2 aromatic carbocycles. The van der Waals surface area contributed by atoms with Crippen molar-refractivity contribution < 1.29 is 31.9 Å². The Labute approximate surface area is 207 Å². The molecule has 1 aliphatic rings. The number of ether oxygens (including phenoxy) is 1. The molecule has 0 saturated heterocycles. The van der Waals surface area contributed by atoms with Crippen LogP contribution in [0.1, 0.15) is 56.2 Å². The zero-order valence-corrected chi connectivity index (χ0v) is 21.1. The molecule has 4 rings (SSSR count). The molecule has 3 aromatic rings. The molecule has 0 atom stereocenters. The van der Waals surface area contributed by atoms with E-state index in [1.54, 1.807) is 6.92 Å². The number of halogens is 1. The maximum Gasteiger partial charge on any atom is 0.247 e. The van der Waals surface area contributed by atoms with Crippen LogP contribution in [0, 0.1) is 12.7 Å². The second-order valence-electron chi connectivity index (χ2n) is 8.95. The van der Waals surface area contributed by atoms with E-state index in [0.29, 0.717) is 5.69 Å². The summed E-state index contributed by atoms with van der Waals surface area (Å²) in [4.78, 5) is 38.8. The topological polar surface area (TPSA) is 116 Å². The van der Waals surface area contributed by atoms with E-state index in [0.717, 1.165) is 10.4 Å². The monoisotopic (exact) mass is 513 g/mol. The number of anilines is 1. The van der Waals surface area contributed by atoms with Gasteiger partial charge in [-0.1, -0.05) is 18.2 Å². The van der Waals surface area contributed by atoms with E-state index >= 15 is 0 Å². The van der Waals surface area contributed by atoms with Crippen molar-refractivity contribution in [1.82, 2.24) is 9.78 Å². The van der Waals surface area contributed by atoms with Gasteiger partial charge in [-0.25, -0.2) is 17.5 Å². The molecule has 0 unspecified atom stereocenters. The Kier molecular flexibility index (Phi) is 6.07. The van der Waals surface area contributed by atoms with Crippen molar-refractivity contribution in [2.45, 2.75) is 25.5 Å². The zero-order chi connectivity index (χ0) is 26.6. The number of aryl methyl sites for hydroxylation is 2. The Bertz CT molecular complexity index is 1540. The molecule has 0 aliphatic carbocycles. The molecular formula is C25H24FN3O6S. The summed E-state index contributed by atoms with van der Waals surface area (Å²) >= 11 is 0. The lowest BCUT2D eigenvalue weighted by atomic mass is 9.94. The highest BCUT2D eigenvalue weighted by molar-refractivity contribution is 7.95. The number of carbonyl (C=O) groups is 3. The van der Waals surface area contributed by atoms with Gasteiger partial charge in [-0.05, 0) is 45.0 Å². The highest BCUT2D eigenvalue weighted by atomic mass is 32.2. The van der Waals surface area contributed by atoms with Crippen LogP contribution in [0.25, 0.3) is 0 Å². The molecule has 0 fully saturated rings. The van der Waals surface area contributed by atoms with Crippen molar-refractivity contribution in [1.29, 1.82) is 0 Å². The average molecular weight is 514 g/mol. The molecular weight excluding hydrogens is 489 g/mol. The van der Waals surface area contributed by atoms with Gasteiger partial charge in [0, 0.05) is 25.2 Å². The molecule has 0 bridgehead atoms. The maximum atomic E-state index is 14.0. The van der Waals surface area contributed by atoms with Crippen LogP contribution in [0.4, 0.5) is 10.1 Å². The third-order valence-electron chi connectivity index (χ3n) is 6.31. The van der Waals surface area contributed by atoms with Crippen molar-refractivity contribution >= 4 is 33.1 Å². The van der Waals surface area contributed by atoms with Gasteiger partial charge in [0.25, 0.3) is 0 Å². The van der Waals surface area contributed by atoms with E-state index in [4.69, 9.17) is 4.74 Å². The lowest BCUT2D eigenvalue weighted by Crippen LogP contribution is -2.52. The first-order valence-electron chi connectivity index (χ1n) is 10.9. The number of hydrogen-bond donors (Lipinski definition) is 0. The first-order valence-corrected chi connectivity index (χ1v) is 12.4. The van der Waals surface area contributed by atoms with Crippen LogP contribution < -0.4 is 9.04 Å². The fourth-order valence-corrected chi connectivity index (χ4v) is 5.58. The SMILES string of the molecule is Cc1nn(C)c(OCC(=O)c2ccccc2F)c1C(=O)c1ccc2c(c1)N(C)S(=O)(=O)C(C)(C)C2=O. The minimum atomic E-state index is -4.01. The summed E-state index contributed by atoms with van der Waals surface area (Å²) < 4.78 is 46.0. The summed E-state index contributed by atoms with van der Waals surface area (Å²) in [6.07, 6.45) is 0. The lowest BCUT2D eigenvalue weighted by Gasteiger charge is -2.36. The van der Waals surface area contributed by atoms with E-state index in [9.17, 15) is 27.2 Å². The van der Waals surface area contributed by atoms with Crippen LogP contribution in [0.15, 0.2) is 42.5 Å². The zero-order valence-electron chi connectivity index (χ0n) is 20.3. The number of rotatable bonds is 6. The normalized spacial score (nSPS) is 15.9. The second kappa shape index (κ2) is 8.66. The minimum absolute atomic E-state index is 0.00176. The molecule has 11 heteroatoms. The highest BCUT2D eigenvalue weighted by Crippen LogP contribution is 2.39. The molecule has 9 nitrogen and oxygen atoms in total. The molecule has 0 radical (unpaired) electrons. The fourth-order valence-electron chi connectivity index (χ4n) is 4.15. The smallest absolute Gasteiger partial charge is 0.247 e. The third kappa shape index (κ3) is 3.79. The molecule has 0 saturated carbocycles. The quantitative estimate of drug-likeness (QED) is 0.465. The summed E-state index contributed by atoms with van der Waals surface area (Å²) in [7, 11) is -1.15. The lowest BCUT2D eigenvalue weighted by molar-refractivity contribution is 0.0903. The first-order chi connectivity index (χ1) is 16.8. The van der Waals surface area contributed by atoms with Gasteiger partial charge in [0.05, 0.1) is 16.9 Å². The van der Waals surface area contributed by atoms with E-state index in [2.05, 4.69) is 5.10 Å². The van der Waals surface area contributed by atoms with E-state index in [1.807, 2.05) is 0 Å². The van der Waals surface area contributed by atoms with Crippen molar-refractivity contribution in [3.05, 3.63) is 76.2 Å². The van der Waals surface area contributed by atoms with Gasteiger partial charge in [0.2, 0.25) is 21.7 Å². The number of fused-ring (bicyclic) bond motifs is 1. The predicted molar refractivity (Wildman–Crippen MR) is 130 cm³/mol. The average Bonchev–Trinajstić information content (AvgIpc) is 3.12. The van der Waals surface area contributed by atoms with Gasteiger partial charge >= 0.3 is 0 Å². The summed E-state index contributed by atoms with van der Waals surface area (Å²) in [5.41, 5.74) is 0.603. The summed E-state index contributed by atoms with van der Waals surface area (Å²) in [6, 6.07) is 9.68. The van der Waals surface area contributed by atoms with Crippen LogP contribution >= 0.6 is 0 Å². The predicted octanol–water partition coefficient (Wildman–Crippen LogP) is 3.10. The Balaban J connectivity index is 1.69. The molecule has 0 N–H and O–H groups in total. The number of sulfonamides is 1. The maximum absolute atomic E-state index is 14.0. The van der Waals surface area contributed by atoms with E-state index < -0.39 is 44.5 Å². The molecule has 2 heterocycles. The van der Waals surface area contributed by atoms with Crippen molar-refractivity contribution in [3.8, 4) is 5.88 Å². The van der Waals surface area contributed by atoms with Crippen molar-refractivity contribution in [3.63, 3.8) is 0 Å². The van der Waals surface area contributed by atoms with Crippen LogP contribution in [0.5, 0.6) is 5.88 Å². The van der Waals surface area contributed by atoms with Crippen molar-refractivity contribution in [2.24, 2.45) is 7.05 Å². The second-order valence-corrected chi connectivity index (χ2v) is 11.5. The van der Waals surface area contributed by atoms with E-state index in [1.165, 1.54) is 69.0 Å². The number of benzene rings is 2. The molecule has 0 amide bonds. The Hall–Kier alpha value is -3.86. The molecule has 1 aromatic heterocycles. The van der Waals surface area contributed by atoms with Crippen LogP contribution in [-0.4, -0.2) is 53.9 Å². The number of ketones is 3. The molecule has 0 spiro atoms.